The third kappa shape index (κ3) is 11.7. The molecule has 2 heteroatoms. The predicted octanol–water partition coefficient (Wildman–Crippen LogP) is 5.21. The van der Waals surface area contributed by atoms with Crippen molar-refractivity contribution in [3.05, 3.63) is 0 Å². The maximum absolute atomic E-state index is 10.4. The third-order valence-corrected chi connectivity index (χ3v) is 4.29. The second-order valence-corrected chi connectivity index (χ2v) is 6.38. The predicted molar refractivity (Wildman–Crippen MR) is 88.0 cm³/mol. The van der Waals surface area contributed by atoms with E-state index in [0.717, 1.165) is 25.7 Å². The zero-order valence-corrected chi connectivity index (χ0v) is 14.0. The van der Waals surface area contributed by atoms with E-state index in [1.54, 1.807) is 0 Å². The molecule has 0 aliphatic rings. The van der Waals surface area contributed by atoms with Crippen molar-refractivity contribution in [3.8, 4) is 0 Å². The normalized spacial score (nSPS) is 14.4. The molecule has 1 unspecified atom stereocenters. The Balaban J connectivity index is 3.41. The molecule has 0 fully saturated rings. The molecule has 0 aliphatic carbocycles. The lowest BCUT2D eigenvalue weighted by Gasteiger charge is -2.27. The lowest BCUT2D eigenvalue weighted by molar-refractivity contribution is -0.00253. The first-order valence-electron chi connectivity index (χ1n) is 9.01. The van der Waals surface area contributed by atoms with Crippen molar-refractivity contribution < 1.29 is 10.2 Å². The van der Waals surface area contributed by atoms with Gasteiger partial charge in [-0.15, -0.1) is 0 Å². The van der Waals surface area contributed by atoms with Crippen LogP contribution in [-0.2, 0) is 0 Å². The number of rotatable bonds is 15. The summed E-state index contributed by atoms with van der Waals surface area (Å²) < 4.78 is 0. The molecular formula is C18H38O2. The van der Waals surface area contributed by atoms with E-state index in [-0.39, 0.29) is 6.61 Å². The van der Waals surface area contributed by atoms with E-state index in [0.29, 0.717) is 6.42 Å². The van der Waals surface area contributed by atoms with Crippen molar-refractivity contribution in [2.24, 2.45) is 0 Å². The molecule has 0 saturated heterocycles. The molecule has 0 aromatic rings. The molecule has 0 heterocycles. The van der Waals surface area contributed by atoms with E-state index in [9.17, 15) is 5.11 Å². The monoisotopic (exact) mass is 286 g/mol. The Morgan fingerprint density at radius 3 is 1.55 bits per heavy atom. The van der Waals surface area contributed by atoms with Crippen molar-refractivity contribution in [3.63, 3.8) is 0 Å². The first-order chi connectivity index (χ1) is 9.68. The van der Waals surface area contributed by atoms with E-state index in [1.807, 2.05) is 0 Å². The van der Waals surface area contributed by atoms with Gasteiger partial charge in [0.1, 0.15) is 0 Å². The van der Waals surface area contributed by atoms with Crippen molar-refractivity contribution in [1.29, 1.82) is 0 Å². The Morgan fingerprint density at radius 1 is 0.600 bits per heavy atom. The smallest absolute Gasteiger partial charge is 0.0669 e. The Morgan fingerprint density at radius 2 is 1.10 bits per heavy atom. The Bertz CT molecular complexity index is 186. The second kappa shape index (κ2) is 13.9. The van der Waals surface area contributed by atoms with Crippen LogP contribution in [0, 0.1) is 0 Å². The van der Waals surface area contributed by atoms with Gasteiger partial charge < -0.3 is 10.2 Å². The lowest BCUT2D eigenvalue weighted by atomic mass is 9.88. The molecule has 0 radical (unpaired) electrons. The molecule has 0 aliphatic heterocycles. The van der Waals surface area contributed by atoms with Crippen LogP contribution in [0.1, 0.15) is 104 Å². The van der Waals surface area contributed by atoms with Gasteiger partial charge in [-0.05, 0) is 19.3 Å². The first-order valence-corrected chi connectivity index (χ1v) is 9.01. The fraction of sp³-hybridized carbons (Fsp3) is 1.00. The van der Waals surface area contributed by atoms with Crippen LogP contribution in [0.5, 0.6) is 0 Å². The standard InChI is InChI=1S/C18H38O2/c1-3-5-6-7-8-9-10-11-12-13-15-18(20,14-4-2)16-17-19/h19-20H,3-17H2,1-2H3. The fourth-order valence-corrected chi connectivity index (χ4v) is 2.99. The first kappa shape index (κ1) is 19.9. The van der Waals surface area contributed by atoms with Gasteiger partial charge >= 0.3 is 0 Å². The fourth-order valence-electron chi connectivity index (χ4n) is 2.99. The van der Waals surface area contributed by atoms with Gasteiger partial charge in [0.15, 0.2) is 0 Å². The van der Waals surface area contributed by atoms with Crippen molar-refractivity contribution in [2.75, 3.05) is 6.61 Å². The summed E-state index contributed by atoms with van der Waals surface area (Å²) in [5.74, 6) is 0. The van der Waals surface area contributed by atoms with Gasteiger partial charge in [0.25, 0.3) is 0 Å². The summed E-state index contributed by atoms with van der Waals surface area (Å²) in [7, 11) is 0. The summed E-state index contributed by atoms with van der Waals surface area (Å²) >= 11 is 0. The largest absolute Gasteiger partial charge is 0.396 e. The van der Waals surface area contributed by atoms with Gasteiger partial charge in [-0.3, -0.25) is 0 Å². The quantitative estimate of drug-likeness (QED) is 0.406. The highest BCUT2D eigenvalue weighted by atomic mass is 16.3. The number of hydrogen-bond donors (Lipinski definition) is 2. The summed E-state index contributed by atoms with van der Waals surface area (Å²) in [6, 6.07) is 0. The maximum Gasteiger partial charge on any atom is 0.0669 e. The van der Waals surface area contributed by atoms with Crippen LogP contribution in [0.3, 0.4) is 0 Å². The minimum absolute atomic E-state index is 0.105. The van der Waals surface area contributed by atoms with Crippen LogP contribution in [0.15, 0.2) is 0 Å². The molecule has 0 aromatic carbocycles. The van der Waals surface area contributed by atoms with Crippen molar-refractivity contribution in [1.82, 2.24) is 0 Å². The highest BCUT2D eigenvalue weighted by Gasteiger charge is 2.24. The van der Waals surface area contributed by atoms with Gasteiger partial charge in [0.05, 0.1) is 5.60 Å². The van der Waals surface area contributed by atoms with Crippen LogP contribution in [0.4, 0.5) is 0 Å². The summed E-state index contributed by atoms with van der Waals surface area (Å²) in [6.07, 6.45) is 16.5. The van der Waals surface area contributed by atoms with E-state index >= 15 is 0 Å². The molecule has 0 amide bonds. The number of unbranched alkanes of at least 4 members (excludes halogenated alkanes) is 9. The zero-order chi connectivity index (χ0) is 15.1. The second-order valence-electron chi connectivity index (χ2n) is 6.38. The van der Waals surface area contributed by atoms with Crippen LogP contribution < -0.4 is 0 Å². The molecule has 0 saturated carbocycles. The van der Waals surface area contributed by atoms with Crippen LogP contribution in [0.25, 0.3) is 0 Å². The van der Waals surface area contributed by atoms with Crippen LogP contribution in [-0.4, -0.2) is 22.4 Å². The topological polar surface area (TPSA) is 40.5 Å². The van der Waals surface area contributed by atoms with Crippen LogP contribution >= 0.6 is 0 Å². The highest BCUT2D eigenvalue weighted by molar-refractivity contribution is 4.77. The molecule has 20 heavy (non-hydrogen) atoms. The van der Waals surface area contributed by atoms with E-state index in [2.05, 4.69) is 13.8 Å². The van der Waals surface area contributed by atoms with Gasteiger partial charge in [-0.2, -0.15) is 0 Å². The Hall–Kier alpha value is -0.0800. The third-order valence-electron chi connectivity index (χ3n) is 4.29. The zero-order valence-electron chi connectivity index (χ0n) is 14.0. The number of hydrogen-bond acceptors (Lipinski definition) is 2. The molecular weight excluding hydrogens is 248 g/mol. The molecule has 122 valence electrons. The molecule has 1 atom stereocenters. The van der Waals surface area contributed by atoms with Gasteiger partial charge in [-0.1, -0.05) is 84.5 Å². The minimum atomic E-state index is -0.607. The maximum atomic E-state index is 10.4. The average molecular weight is 286 g/mol. The summed E-state index contributed by atoms with van der Waals surface area (Å²) in [5.41, 5.74) is -0.607. The Kier molecular flexibility index (Phi) is 13.8. The molecule has 0 rings (SSSR count). The number of aliphatic hydroxyl groups is 2. The van der Waals surface area contributed by atoms with Crippen molar-refractivity contribution in [2.45, 2.75) is 109 Å². The van der Waals surface area contributed by atoms with Gasteiger partial charge in [-0.25, -0.2) is 0 Å². The summed E-state index contributed by atoms with van der Waals surface area (Å²) in [5, 5.41) is 19.4. The summed E-state index contributed by atoms with van der Waals surface area (Å²) in [4.78, 5) is 0. The van der Waals surface area contributed by atoms with Gasteiger partial charge in [0, 0.05) is 6.61 Å². The van der Waals surface area contributed by atoms with Crippen molar-refractivity contribution >= 4 is 0 Å². The molecule has 0 bridgehead atoms. The van der Waals surface area contributed by atoms with Gasteiger partial charge in [0.2, 0.25) is 0 Å². The molecule has 0 spiro atoms. The van der Waals surface area contributed by atoms with Crippen LogP contribution in [0.2, 0.25) is 0 Å². The van der Waals surface area contributed by atoms with E-state index in [1.165, 1.54) is 57.8 Å². The summed E-state index contributed by atoms with van der Waals surface area (Å²) in [6.45, 7) is 4.46. The molecule has 2 nitrogen and oxygen atoms in total. The lowest BCUT2D eigenvalue weighted by Crippen LogP contribution is -2.29. The average Bonchev–Trinajstić information content (AvgIpc) is 2.41. The number of aliphatic hydroxyl groups excluding tert-OH is 1. The molecule has 0 aromatic heterocycles. The Labute approximate surface area is 127 Å². The van der Waals surface area contributed by atoms with E-state index < -0.39 is 5.60 Å². The highest BCUT2D eigenvalue weighted by Crippen LogP contribution is 2.24. The SMILES string of the molecule is CCCCCCCCCCCCC(O)(CCC)CCO. The van der Waals surface area contributed by atoms with E-state index in [4.69, 9.17) is 5.11 Å². The minimum Gasteiger partial charge on any atom is -0.396 e. The molecule has 2 N–H and O–H groups in total.